The summed E-state index contributed by atoms with van der Waals surface area (Å²) in [5.74, 6) is 0.517. The molecule has 8 heteroatoms. The standard InChI is InChI=1S/C23H15Br2IN2O3/c24-17-9-16-10-21(31-22(16)19(26)11-17)23(29)28-27-12-15-6-7-20(18(25)8-15)30-13-14-4-2-1-3-5-14/h1-12H,13H2,(H,28,29)/b27-12-. The van der Waals surface area contributed by atoms with Gasteiger partial charge in [0, 0.05) is 9.86 Å². The van der Waals surface area contributed by atoms with E-state index in [-0.39, 0.29) is 5.76 Å². The lowest BCUT2D eigenvalue weighted by atomic mass is 10.2. The van der Waals surface area contributed by atoms with Crippen LogP contribution in [0.4, 0.5) is 0 Å². The molecule has 0 bridgehead atoms. The Balaban J connectivity index is 1.39. The van der Waals surface area contributed by atoms with E-state index >= 15 is 0 Å². The van der Waals surface area contributed by atoms with Crippen molar-refractivity contribution < 1.29 is 13.9 Å². The minimum Gasteiger partial charge on any atom is -0.488 e. The summed E-state index contributed by atoms with van der Waals surface area (Å²) in [6.45, 7) is 0.482. The highest BCUT2D eigenvalue weighted by molar-refractivity contribution is 14.1. The Morgan fingerprint density at radius 1 is 1.10 bits per heavy atom. The Bertz CT molecular complexity index is 1270. The summed E-state index contributed by atoms with van der Waals surface area (Å²) in [5, 5.41) is 4.89. The summed E-state index contributed by atoms with van der Waals surface area (Å²) in [4.78, 5) is 12.4. The zero-order valence-corrected chi connectivity index (χ0v) is 21.3. The zero-order chi connectivity index (χ0) is 21.8. The van der Waals surface area contributed by atoms with Crippen molar-refractivity contribution in [3.05, 3.63) is 96.1 Å². The third kappa shape index (κ3) is 5.55. The molecular formula is C23H15Br2IN2O3. The number of furan rings is 1. The molecule has 0 aliphatic heterocycles. The summed E-state index contributed by atoms with van der Waals surface area (Å²) in [6, 6.07) is 21.1. The number of hydrogen-bond acceptors (Lipinski definition) is 4. The van der Waals surface area contributed by atoms with Crippen molar-refractivity contribution in [2.24, 2.45) is 5.10 Å². The fourth-order valence-electron chi connectivity index (χ4n) is 2.86. The number of fused-ring (bicyclic) bond motifs is 1. The SMILES string of the molecule is O=C(N/N=C\c1ccc(OCc2ccccc2)c(Br)c1)c1cc2cc(Br)cc(I)c2o1. The molecule has 0 fully saturated rings. The lowest BCUT2D eigenvalue weighted by Crippen LogP contribution is -2.16. The molecule has 4 aromatic rings. The van der Waals surface area contributed by atoms with Crippen molar-refractivity contribution >= 4 is 77.5 Å². The zero-order valence-electron chi connectivity index (χ0n) is 15.9. The summed E-state index contributed by atoms with van der Waals surface area (Å²) in [5.41, 5.74) is 5.07. The van der Waals surface area contributed by atoms with Crippen LogP contribution in [0.3, 0.4) is 0 Å². The quantitative estimate of drug-likeness (QED) is 0.140. The summed E-state index contributed by atoms with van der Waals surface area (Å²) in [7, 11) is 0. The van der Waals surface area contributed by atoms with Crippen LogP contribution in [0.2, 0.25) is 0 Å². The van der Waals surface area contributed by atoms with Crippen LogP contribution in [0, 0.1) is 3.57 Å². The van der Waals surface area contributed by atoms with Crippen LogP contribution in [-0.4, -0.2) is 12.1 Å². The van der Waals surface area contributed by atoms with Crippen molar-refractivity contribution in [3.8, 4) is 5.75 Å². The molecule has 0 spiro atoms. The molecule has 0 aliphatic rings. The number of carbonyl (C=O) groups is 1. The molecule has 0 radical (unpaired) electrons. The van der Waals surface area contributed by atoms with Crippen LogP contribution in [0.1, 0.15) is 21.7 Å². The Morgan fingerprint density at radius 3 is 2.68 bits per heavy atom. The van der Waals surface area contributed by atoms with Gasteiger partial charge in [-0.15, -0.1) is 0 Å². The second kappa shape index (κ2) is 9.97. The van der Waals surface area contributed by atoms with Gasteiger partial charge >= 0.3 is 5.91 Å². The van der Waals surface area contributed by atoms with Gasteiger partial charge in [-0.2, -0.15) is 5.10 Å². The molecule has 156 valence electrons. The minimum atomic E-state index is -0.416. The number of benzene rings is 3. The fourth-order valence-corrected chi connectivity index (χ4v) is 5.03. The Labute approximate surface area is 209 Å². The number of amides is 1. The highest BCUT2D eigenvalue weighted by Crippen LogP contribution is 2.29. The molecule has 5 nitrogen and oxygen atoms in total. The normalized spacial score (nSPS) is 11.2. The number of nitrogens with one attached hydrogen (secondary N) is 1. The van der Waals surface area contributed by atoms with E-state index in [0.29, 0.717) is 12.2 Å². The molecule has 0 atom stereocenters. The Morgan fingerprint density at radius 2 is 1.90 bits per heavy atom. The van der Waals surface area contributed by atoms with Gasteiger partial charge in [0.2, 0.25) is 0 Å². The van der Waals surface area contributed by atoms with Crippen LogP contribution in [0.15, 0.2) is 85.2 Å². The lowest BCUT2D eigenvalue weighted by molar-refractivity contribution is 0.0929. The maximum Gasteiger partial charge on any atom is 0.307 e. The molecule has 1 heterocycles. The molecule has 1 N–H and O–H groups in total. The summed E-state index contributed by atoms with van der Waals surface area (Å²) < 4.78 is 14.2. The monoisotopic (exact) mass is 652 g/mol. The van der Waals surface area contributed by atoms with E-state index in [1.165, 1.54) is 0 Å². The van der Waals surface area contributed by atoms with Gasteiger partial charge in [-0.1, -0.05) is 46.3 Å². The van der Waals surface area contributed by atoms with E-state index < -0.39 is 5.91 Å². The number of halogens is 3. The first-order valence-corrected chi connectivity index (χ1v) is 11.8. The fraction of sp³-hybridized carbons (Fsp3) is 0.0435. The third-order valence-electron chi connectivity index (χ3n) is 4.33. The Kier molecular flexibility index (Phi) is 7.09. The number of hydrogen-bond donors (Lipinski definition) is 1. The summed E-state index contributed by atoms with van der Waals surface area (Å²) >= 11 is 9.14. The van der Waals surface area contributed by atoms with Gasteiger partial charge in [-0.25, -0.2) is 5.43 Å². The van der Waals surface area contributed by atoms with Gasteiger partial charge in [-0.05, 0) is 86.0 Å². The van der Waals surface area contributed by atoms with Crippen LogP contribution < -0.4 is 10.2 Å². The number of ether oxygens (including phenoxy) is 1. The van der Waals surface area contributed by atoms with E-state index in [9.17, 15) is 4.79 Å². The van der Waals surface area contributed by atoms with Crippen LogP contribution in [0.5, 0.6) is 5.75 Å². The average molecular weight is 654 g/mol. The first-order valence-electron chi connectivity index (χ1n) is 9.18. The van der Waals surface area contributed by atoms with E-state index in [1.54, 1.807) is 12.3 Å². The van der Waals surface area contributed by atoms with Gasteiger partial charge in [0.15, 0.2) is 5.76 Å². The second-order valence-corrected chi connectivity index (χ2v) is 9.51. The van der Waals surface area contributed by atoms with Crippen molar-refractivity contribution in [3.63, 3.8) is 0 Å². The van der Waals surface area contributed by atoms with Crippen molar-refractivity contribution in [1.29, 1.82) is 0 Å². The molecule has 3 aromatic carbocycles. The average Bonchev–Trinajstić information content (AvgIpc) is 3.18. The van der Waals surface area contributed by atoms with Crippen molar-refractivity contribution in [1.82, 2.24) is 5.43 Å². The number of hydrazone groups is 1. The molecule has 1 aromatic heterocycles. The number of nitrogens with zero attached hydrogens (tertiary/aromatic N) is 1. The molecule has 31 heavy (non-hydrogen) atoms. The van der Waals surface area contributed by atoms with Crippen LogP contribution >= 0.6 is 54.5 Å². The molecule has 0 saturated carbocycles. The number of rotatable bonds is 6. The highest BCUT2D eigenvalue weighted by atomic mass is 127. The lowest BCUT2D eigenvalue weighted by Gasteiger charge is -2.08. The van der Waals surface area contributed by atoms with Crippen molar-refractivity contribution in [2.75, 3.05) is 0 Å². The van der Waals surface area contributed by atoms with E-state index in [0.717, 1.165) is 34.8 Å². The van der Waals surface area contributed by atoms with Gasteiger partial charge in [0.1, 0.15) is 17.9 Å². The van der Waals surface area contributed by atoms with E-state index in [2.05, 4.69) is 65.0 Å². The molecule has 0 unspecified atom stereocenters. The van der Waals surface area contributed by atoms with E-state index in [4.69, 9.17) is 9.15 Å². The van der Waals surface area contributed by atoms with E-state index in [1.807, 2.05) is 60.7 Å². The Hall–Kier alpha value is -2.17. The van der Waals surface area contributed by atoms with Gasteiger partial charge < -0.3 is 9.15 Å². The van der Waals surface area contributed by atoms with Crippen LogP contribution in [-0.2, 0) is 6.61 Å². The minimum absolute atomic E-state index is 0.203. The van der Waals surface area contributed by atoms with Gasteiger partial charge in [-0.3, -0.25) is 4.79 Å². The smallest absolute Gasteiger partial charge is 0.307 e. The molecular weight excluding hydrogens is 639 g/mol. The predicted octanol–water partition coefficient (Wildman–Crippen LogP) is 6.91. The second-order valence-electron chi connectivity index (χ2n) is 6.58. The van der Waals surface area contributed by atoms with Gasteiger partial charge in [0.25, 0.3) is 0 Å². The first kappa shape index (κ1) is 22.0. The third-order valence-corrected chi connectivity index (χ3v) is 6.21. The molecule has 1 amide bonds. The van der Waals surface area contributed by atoms with Crippen LogP contribution in [0.25, 0.3) is 11.0 Å². The highest BCUT2D eigenvalue weighted by Gasteiger charge is 2.14. The predicted molar refractivity (Wildman–Crippen MR) is 137 cm³/mol. The topological polar surface area (TPSA) is 63.8 Å². The molecule has 4 rings (SSSR count). The van der Waals surface area contributed by atoms with Crippen molar-refractivity contribution in [2.45, 2.75) is 6.61 Å². The van der Waals surface area contributed by atoms with Gasteiger partial charge in [0.05, 0.1) is 14.3 Å². The first-order chi connectivity index (χ1) is 15.0. The maximum atomic E-state index is 12.4. The summed E-state index contributed by atoms with van der Waals surface area (Å²) in [6.07, 6.45) is 1.56. The molecule has 0 saturated heterocycles. The number of carbonyl (C=O) groups excluding carboxylic acids is 1. The molecule has 0 aliphatic carbocycles. The largest absolute Gasteiger partial charge is 0.488 e. The maximum absolute atomic E-state index is 12.4.